The van der Waals surface area contributed by atoms with Crippen LogP contribution >= 0.6 is 12.4 Å². The van der Waals surface area contributed by atoms with Gasteiger partial charge in [0.1, 0.15) is 6.61 Å². The Hall–Kier alpha value is -1.32. The first-order valence-corrected chi connectivity index (χ1v) is 8.87. The van der Waals surface area contributed by atoms with Crippen molar-refractivity contribution in [3.05, 3.63) is 41.5 Å². The van der Waals surface area contributed by atoms with E-state index in [1.54, 1.807) is 0 Å². The maximum atomic E-state index is 12.3. The third kappa shape index (κ3) is 4.84. The lowest BCUT2D eigenvalue weighted by atomic mass is 9.97. The van der Waals surface area contributed by atoms with Gasteiger partial charge in [-0.1, -0.05) is 36.8 Å². The van der Waals surface area contributed by atoms with E-state index < -0.39 is 0 Å². The molecule has 1 aliphatic carbocycles. The number of aryl methyl sites for hydroxylation is 1. The van der Waals surface area contributed by atoms with Gasteiger partial charge in [0.25, 0.3) is 0 Å². The van der Waals surface area contributed by atoms with E-state index in [2.05, 4.69) is 42.3 Å². The molecule has 0 radical (unpaired) electrons. The maximum absolute atomic E-state index is 12.3. The topological polar surface area (TPSA) is 29.5 Å². The van der Waals surface area contributed by atoms with Crippen LogP contribution in [0.15, 0.2) is 30.3 Å². The molecule has 0 saturated carbocycles. The number of benzene rings is 1. The molecule has 1 atom stereocenters. The Bertz CT molecular complexity index is 585. The van der Waals surface area contributed by atoms with Crippen molar-refractivity contribution in [2.45, 2.75) is 51.0 Å². The molecule has 1 unspecified atom stereocenters. The first-order chi connectivity index (χ1) is 11.2. The first kappa shape index (κ1) is 19.0. The van der Waals surface area contributed by atoms with Crippen molar-refractivity contribution in [2.24, 2.45) is 0 Å². The fraction of sp³-hybridized carbons (Fsp3) is 0.550. The smallest absolute Gasteiger partial charge is 0.310 e. The molecule has 3 rings (SSSR count). The minimum Gasteiger partial charge on any atom is -0.464 e. The van der Waals surface area contributed by atoms with E-state index in [4.69, 9.17) is 4.74 Å². The predicted molar refractivity (Wildman–Crippen MR) is 100 cm³/mol. The molecule has 1 aliphatic heterocycles. The SMILES string of the molecule is CN1CCCCC1COC(=O)CC1=CCCCc2ccccc21.Cl. The second kappa shape index (κ2) is 9.24. The maximum Gasteiger partial charge on any atom is 0.310 e. The standard InChI is InChI=1S/C20H27NO2.ClH/c1-21-13-7-6-11-18(21)15-23-20(22)14-17-10-3-2-8-16-9-4-5-12-19(16)17;/h4-5,9-10,12,18H,2-3,6-8,11,13-15H2,1H3;1H. The Morgan fingerprint density at radius 1 is 1.25 bits per heavy atom. The highest BCUT2D eigenvalue weighted by atomic mass is 35.5. The minimum absolute atomic E-state index is 0. The van der Waals surface area contributed by atoms with Crippen molar-refractivity contribution in [1.82, 2.24) is 4.90 Å². The van der Waals surface area contributed by atoms with Gasteiger partial charge in [0, 0.05) is 6.04 Å². The quantitative estimate of drug-likeness (QED) is 0.761. The van der Waals surface area contributed by atoms with Crippen molar-refractivity contribution < 1.29 is 9.53 Å². The van der Waals surface area contributed by atoms with E-state index in [0.29, 0.717) is 19.1 Å². The Morgan fingerprint density at radius 2 is 2.08 bits per heavy atom. The summed E-state index contributed by atoms with van der Waals surface area (Å²) in [6.07, 6.45) is 9.54. The number of fused-ring (bicyclic) bond motifs is 1. The summed E-state index contributed by atoms with van der Waals surface area (Å²) >= 11 is 0. The zero-order valence-electron chi connectivity index (χ0n) is 14.5. The van der Waals surface area contributed by atoms with Crippen molar-refractivity contribution >= 4 is 23.9 Å². The van der Waals surface area contributed by atoms with Crippen molar-refractivity contribution in [2.75, 3.05) is 20.2 Å². The lowest BCUT2D eigenvalue weighted by molar-refractivity contribution is -0.144. The second-order valence-corrected chi connectivity index (χ2v) is 6.77. The second-order valence-electron chi connectivity index (χ2n) is 6.77. The predicted octanol–water partition coefficient (Wildman–Crippen LogP) is 4.25. The highest BCUT2D eigenvalue weighted by Gasteiger charge is 2.21. The number of halogens is 1. The molecule has 1 aromatic carbocycles. The van der Waals surface area contributed by atoms with Crippen LogP contribution in [-0.2, 0) is 16.0 Å². The van der Waals surface area contributed by atoms with Crippen LogP contribution in [0.3, 0.4) is 0 Å². The van der Waals surface area contributed by atoms with Crippen LogP contribution in [0.1, 0.15) is 49.7 Å². The number of hydrogen-bond acceptors (Lipinski definition) is 3. The van der Waals surface area contributed by atoms with Crippen LogP contribution < -0.4 is 0 Å². The summed E-state index contributed by atoms with van der Waals surface area (Å²) < 4.78 is 5.59. The van der Waals surface area contributed by atoms with Gasteiger partial charge in [0.2, 0.25) is 0 Å². The van der Waals surface area contributed by atoms with Gasteiger partial charge in [0.15, 0.2) is 0 Å². The Morgan fingerprint density at radius 3 is 2.92 bits per heavy atom. The summed E-state index contributed by atoms with van der Waals surface area (Å²) in [5, 5.41) is 0. The molecular formula is C20H28ClNO2. The van der Waals surface area contributed by atoms with E-state index in [0.717, 1.165) is 37.8 Å². The van der Waals surface area contributed by atoms with E-state index in [1.807, 2.05) is 0 Å². The third-order valence-corrected chi connectivity index (χ3v) is 5.10. The molecular weight excluding hydrogens is 322 g/mol. The van der Waals surface area contributed by atoms with Crippen LogP contribution in [0.5, 0.6) is 0 Å². The van der Waals surface area contributed by atoms with Crippen LogP contribution in [0.4, 0.5) is 0 Å². The lowest BCUT2D eigenvalue weighted by Crippen LogP contribution is -2.39. The molecule has 0 bridgehead atoms. The van der Waals surface area contributed by atoms with Crippen LogP contribution in [0.25, 0.3) is 5.57 Å². The van der Waals surface area contributed by atoms with Gasteiger partial charge in [-0.25, -0.2) is 0 Å². The van der Waals surface area contributed by atoms with Gasteiger partial charge in [0.05, 0.1) is 6.42 Å². The zero-order valence-corrected chi connectivity index (χ0v) is 15.3. The van der Waals surface area contributed by atoms with Gasteiger partial charge >= 0.3 is 5.97 Å². The molecule has 0 amide bonds. The molecule has 1 fully saturated rings. The number of carbonyl (C=O) groups excluding carboxylic acids is 1. The summed E-state index contributed by atoms with van der Waals surface area (Å²) in [7, 11) is 2.13. The van der Waals surface area contributed by atoms with Crippen molar-refractivity contribution in [3.8, 4) is 0 Å². The summed E-state index contributed by atoms with van der Waals surface area (Å²) in [4.78, 5) is 14.6. The van der Waals surface area contributed by atoms with E-state index in [-0.39, 0.29) is 18.4 Å². The number of nitrogens with zero attached hydrogens (tertiary/aromatic N) is 1. The normalized spacial score (nSPS) is 21.0. The number of piperidine rings is 1. The number of likely N-dealkylation sites (tertiary alicyclic amines) is 1. The molecule has 0 spiro atoms. The molecule has 2 aliphatic rings. The van der Waals surface area contributed by atoms with Crippen molar-refractivity contribution in [1.29, 1.82) is 0 Å². The third-order valence-electron chi connectivity index (χ3n) is 5.10. The van der Waals surface area contributed by atoms with E-state index >= 15 is 0 Å². The summed E-state index contributed by atoms with van der Waals surface area (Å²) in [5.41, 5.74) is 3.73. The molecule has 3 nitrogen and oxygen atoms in total. The van der Waals surface area contributed by atoms with Crippen LogP contribution in [-0.4, -0.2) is 37.1 Å². The van der Waals surface area contributed by atoms with Crippen molar-refractivity contribution in [3.63, 3.8) is 0 Å². The molecule has 24 heavy (non-hydrogen) atoms. The monoisotopic (exact) mass is 349 g/mol. The summed E-state index contributed by atoms with van der Waals surface area (Å²) in [5.74, 6) is -0.0908. The van der Waals surface area contributed by atoms with E-state index in [1.165, 1.54) is 24.0 Å². The molecule has 1 heterocycles. The molecule has 0 N–H and O–H groups in total. The molecule has 0 aromatic heterocycles. The fourth-order valence-electron chi connectivity index (χ4n) is 3.65. The highest BCUT2D eigenvalue weighted by molar-refractivity contribution is 5.86. The van der Waals surface area contributed by atoms with Gasteiger partial charge < -0.3 is 9.64 Å². The van der Waals surface area contributed by atoms with Gasteiger partial charge in [-0.05, 0) is 62.4 Å². The average Bonchev–Trinajstić information content (AvgIpc) is 2.77. The lowest BCUT2D eigenvalue weighted by Gasteiger charge is -2.31. The zero-order chi connectivity index (χ0) is 16.1. The van der Waals surface area contributed by atoms with E-state index in [9.17, 15) is 4.79 Å². The molecule has 1 saturated heterocycles. The molecule has 1 aromatic rings. The number of likely N-dealkylation sites (N-methyl/N-ethyl adjacent to an activating group) is 1. The minimum atomic E-state index is -0.0908. The van der Waals surface area contributed by atoms with Gasteiger partial charge in [-0.15, -0.1) is 12.4 Å². The Labute approximate surface area is 151 Å². The number of ether oxygens (including phenoxy) is 1. The number of esters is 1. The summed E-state index contributed by atoms with van der Waals surface area (Å²) in [6.45, 7) is 1.64. The number of rotatable bonds is 4. The highest BCUT2D eigenvalue weighted by Crippen LogP contribution is 2.28. The fourth-order valence-corrected chi connectivity index (χ4v) is 3.65. The average molecular weight is 350 g/mol. The van der Waals surface area contributed by atoms with Crippen LogP contribution in [0.2, 0.25) is 0 Å². The largest absolute Gasteiger partial charge is 0.464 e. The number of hydrogen-bond donors (Lipinski definition) is 0. The Kier molecular flexibility index (Phi) is 7.32. The first-order valence-electron chi connectivity index (χ1n) is 8.87. The molecule has 4 heteroatoms. The summed E-state index contributed by atoms with van der Waals surface area (Å²) in [6, 6.07) is 8.84. The van der Waals surface area contributed by atoms with Gasteiger partial charge in [-0.2, -0.15) is 0 Å². The number of carbonyl (C=O) groups is 1. The van der Waals surface area contributed by atoms with Gasteiger partial charge in [-0.3, -0.25) is 4.79 Å². The Balaban J connectivity index is 0.00000208. The van der Waals surface area contributed by atoms with Crippen LogP contribution in [0, 0.1) is 0 Å². The number of allylic oxidation sites excluding steroid dienone is 1. The molecule has 132 valence electrons.